The van der Waals surface area contributed by atoms with Gasteiger partial charge in [0.05, 0.1) is 12.7 Å². The Morgan fingerprint density at radius 1 is 1.38 bits per heavy atom. The maximum Gasteiger partial charge on any atom is 0.341 e. The molecule has 0 spiro atoms. The van der Waals surface area contributed by atoms with Crippen LogP contribution >= 0.6 is 33.2 Å². The Kier molecular flexibility index (Phi) is 5.37. The Bertz CT molecular complexity index is 147. The molecule has 6 heteroatoms. The third-order valence-corrected chi connectivity index (χ3v) is 4.47. The molecule has 2 nitrogen and oxygen atoms in total. The summed E-state index contributed by atoms with van der Waals surface area (Å²) in [5, 5.41) is 0. The van der Waals surface area contributed by atoms with E-state index in [9.17, 15) is 0 Å². The van der Waals surface area contributed by atoms with Crippen molar-refractivity contribution in [2.24, 2.45) is 0 Å². The van der Waals surface area contributed by atoms with E-state index in [-0.39, 0.29) is 0 Å². The highest BCUT2D eigenvalue weighted by Crippen LogP contribution is 2.26. The van der Waals surface area contributed by atoms with Crippen LogP contribution in [0.2, 0.25) is 6.04 Å². The monoisotopic (exact) mass is 262 g/mol. The van der Waals surface area contributed by atoms with Gasteiger partial charge in [0, 0.05) is 13.2 Å². The van der Waals surface area contributed by atoms with E-state index >= 15 is 0 Å². The number of rotatable bonds is 6. The van der Waals surface area contributed by atoms with Crippen LogP contribution in [0.25, 0.3) is 0 Å². The van der Waals surface area contributed by atoms with Crippen molar-refractivity contribution in [3.8, 4) is 0 Å². The first kappa shape index (κ1) is 12.1. The molecule has 0 amide bonds. The van der Waals surface area contributed by atoms with Gasteiger partial charge in [-0.2, -0.15) is 0 Å². The van der Waals surface area contributed by atoms with Crippen LogP contribution in [-0.4, -0.2) is 31.9 Å². The number of halogens is 3. The second-order valence-corrected chi connectivity index (χ2v) is 12.4. The van der Waals surface area contributed by atoms with Gasteiger partial charge in [-0.05, 0) is 18.9 Å². The van der Waals surface area contributed by atoms with Gasteiger partial charge in [-0.1, -0.05) is 0 Å². The third kappa shape index (κ3) is 6.15. The van der Waals surface area contributed by atoms with Gasteiger partial charge in [0.15, 0.2) is 0 Å². The van der Waals surface area contributed by atoms with Gasteiger partial charge in [0.2, 0.25) is 0 Å². The standard InChI is InChI=1S/C7H13Cl3O2Si/c8-13(9,10)5-1-3-11-6-7-2-4-12-7/h7H,1-6H2. The van der Waals surface area contributed by atoms with Crippen molar-refractivity contribution in [1.29, 1.82) is 0 Å². The first-order valence-electron chi connectivity index (χ1n) is 4.34. The van der Waals surface area contributed by atoms with Crippen molar-refractivity contribution >= 4 is 39.2 Å². The highest BCUT2D eigenvalue weighted by atomic mass is 35.8. The van der Waals surface area contributed by atoms with Crippen molar-refractivity contribution in [3.63, 3.8) is 0 Å². The van der Waals surface area contributed by atoms with Crippen molar-refractivity contribution in [2.75, 3.05) is 19.8 Å². The van der Waals surface area contributed by atoms with Crippen LogP contribution in [0.4, 0.5) is 0 Å². The molecule has 1 unspecified atom stereocenters. The number of hydrogen-bond donors (Lipinski definition) is 0. The van der Waals surface area contributed by atoms with Crippen LogP contribution in [0.5, 0.6) is 0 Å². The zero-order chi connectivity index (χ0) is 9.73. The summed E-state index contributed by atoms with van der Waals surface area (Å²) in [5.41, 5.74) is 0. The van der Waals surface area contributed by atoms with E-state index in [1.54, 1.807) is 0 Å². The maximum atomic E-state index is 5.70. The summed E-state index contributed by atoms with van der Waals surface area (Å²) in [6.07, 6.45) is 2.25. The zero-order valence-corrected chi connectivity index (χ0v) is 10.5. The quantitative estimate of drug-likeness (QED) is 0.417. The highest BCUT2D eigenvalue weighted by Gasteiger charge is 2.24. The molecule has 1 rings (SSSR count). The molecule has 13 heavy (non-hydrogen) atoms. The lowest BCUT2D eigenvalue weighted by Crippen LogP contribution is -2.31. The van der Waals surface area contributed by atoms with Gasteiger partial charge in [0.25, 0.3) is 0 Å². The van der Waals surface area contributed by atoms with Gasteiger partial charge in [-0.25, -0.2) is 0 Å². The van der Waals surface area contributed by atoms with Gasteiger partial charge >= 0.3 is 6.00 Å². The third-order valence-electron chi connectivity index (χ3n) is 1.85. The lowest BCUT2D eigenvalue weighted by atomic mass is 10.2. The summed E-state index contributed by atoms with van der Waals surface area (Å²) in [7, 11) is 0. The SMILES string of the molecule is Cl[Si](Cl)(Cl)CCCOCC1CCO1. The molecule has 0 aliphatic carbocycles. The van der Waals surface area contributed by atoms with E-state index in [0.29, 0.717) is 25.4 Å². The van der Waals surface area contributed by atoms with Gasteiger partial charge in [-0.15, -0.1) is 33.2 Å². The maximum absolute atomic E-state index is 5.70. The van der Waals surface area contributed by atoms with Gasteiger partial charge in [-0.3, -0.25) is 0 Å². The van der Waals surface area contributed by atoms with Crippen LogP contribution in [0, 0.1) is 0 Å². The first-order valence-corrected chi connectivity index (χ1v) is 9.58. The molecule has 1 heterocycles. The molecule has 1 atom stereocenters. The van der Waals surface area contributed by atoms with Gasteiger partial charge in [0.1, 0.15) is 0 Å². The van der Waals surface area contributed by atoms with Crippen LogP contribution in [-0.2, 0) is 9.47 Å². The summed E-state index contributed by atoms with van der Waals surface area (Å²) >= 11 is 17.1. The van der Waals surface area contributed by atoms with Crippen molar-refractivity contribution in [2.45, 2.75) is 25.0 Å². The Balaban J connectivity index is 1.83. The molecule has 0 radical (unpaired) electrons. The molecule has 0 aromatic carbocycles. The fourth-order valence-electron chi connectivity index (χ4n) is 1.01. The zero-order valence-electron chi connectivity index (χ0n) is 7.27. The summed E-state index contributed by atoms with van der Waals surface area (Å²) in [5.74, 6) is 0. The van der Waals surface area contributed by atoms with Gasteiger partial charge < -0.3 is 9.47 Å². The minimum atomic E-state index is -2.42. The molecule has 1 aliphatic heterocycles. The topological polar surface area (TPSA) is 18.5 Å². The lowest BCUT2D eigenvalue weighted by molar-refractivity contribution is -0.0935. The second-order valence-electron chi connectivity index (χ2n) is 3.08. The fourth-order valence-corrected chi connectivity index (χ4v) is 2.75. The fraction of sp³-hybridized carbons (Fsp3) is 1.00. The average molecular weight is 264 g/mol. The van der Waals surface area contributed by atoms with Crippen LogP contribution in [0.1, 0.15) is 12.8 Å². The summed E-state index contributed by atoms with van der Waals surface area (Å²) in [6.45, 7) is 2.22. The van der Waals surface area contributed by atoms with Crippen molar-refractivity contribution in [3.05, 3.63) is 0 Å². The van der Waals surface area contributed by atoms with E-state index in [1.165, 1.54) is 0 Å². The second kappa shape index (κ2) is 5.78. The predicted molar refractivity (Wildman–Crippen MR) is 57.9 cm³/mol. The number of hydrogen-bond acceptors (Lipinski definition) is 2. The van der Waals surface area contributed by atoms with E-state index in [0.717, 1.165) is 19.4 Å². The Labute approximate surface area is 93.6 Å². The molecule has 0 N–H and O–H groups in total. The van der Waals surface area contributed by atoms with Crippen LogP contribution < -0.4 is 0 Å². The van der Waals surface area contributed by atoms with Crippen LogP contribution in [0.3, 0.4) is 0 Å². The Morgan fingerprint density at radius 3 is 2.54 bits per heavy atom. The molecule has 0 saturated carbocycles. The Morgan fingerprint density at radius 2 is 2.08 bits per heavy atom. The average Bonchev–Trinajstić information content (AvgIpc) is 1.90. The molecule has 78 valence electrons. The van der Waals surface area contributed by atoms with Crippen molar-refractivity contribution in [1.82, 2.24) is 0 Å². The van der Waals surface area contributed by atoms with E-state index in [2.05, 4.69) is 0 Å². The molecular formula is C7H13Cl3O2Si. The van der Waals surface area contributed by atoms with E-state index in [4.69, 9.17) is 42.7 Å². The molecule has 0 aromatic rings. The molecule has 1 saturated heterocycles. The normalized spacial score (nSPS) is 22.8. The molecular weight excluding hydrogens is 251 g/mol. The minimum absolute atomic E-state index is 0.310. The van der Waals surface area contributed by atoms with E-state index < -0.39 is 6.00 Å². The summed E-state index contributed by atoms with van der Waals surface area (Å²) in [6, 6.07) is -1.75. The highest BCUT2D eigenvalue weighted by molar-refractivity contribution is 7.64. The molecule has 1 fully saturated rings. The predicted octanol–water partition coefficient (Wildman–Crippen LogP) is 2.84. The van der Waals surface area contributed by atoms with Crippen molar-refractivity contribution < 1.29 is 9.47 Å². The first-order chi connectivity index (χ1) is 6.08. The smallest absolute Gasteiger partial charge is 0.341 e. The molecule has 0 aromatic heterocycles. The Hall–Kier alpha value is 1.01. The molecule has 1 aliphatic rings. The minimum Gasteiger partial charge on any atom is -0.379 e. The number of ether oxygens (including phenoxy) is 2. The lowest BCUT2D eigenvalue weighted by Gasteiger charge is -2.25. The van der Waals surface area contributed by atoms with E-state index in [1.807, 2.05) is 0 Å². The van der Waals surface area contributed by atoms with Crippen LogP contribution in [0.15, 0.2) is 0 Å². The summed E-state index contributed by atoms with van der Waals surface area (Å²) < 4.78 is 10.5. The largest absolute Gasteiger partial charge is 0.379 e. The molecule has 0 bridgehead atoms. The summed E-state index contributed by atoms with van der Waals surface area (Å²) in [4.78, 5) is 0.